The van der Waals surface area contributed by atoms with Gasteiger partial charge < -0.3 is 10.1 Å². The molecule has 2 N–H and O–H groups in total. The summed E-state index contributed by atoms with van der Waals surface area (Å²) in [6.45, 7) is 9.98. The minimum absolute atomic E-state index is 0.0632. The Labute approximate surface area is 92.8 Å². The second-order valence-electron chi connectivity index (χ2n) is 4.36. The normalized spacial score (nSPS) is 11.1. The summed E-state index contributed by atoms with van der Waals surface area (Å²) in [6.07, 6.45) is 0.437. The third kappa shape index (κ3) is 11.3. The molecule has 0 aliphatic heterocycles. The third-order valence-electron chi connectivity index (χ3n) is 1.77. The molecule has 1 amide bonds. The van der Waals surface area contributed by atoms with E-state index in [0.717, 1.165) is 6.54 Å². The number of ether oxygens (including phenoxy) is 1. The van der Waals surface area contributed by atoms with E-state index in [1.54, 1.807) is 0 Å². The standard InChI is InChI=1S/C11H24N2O2/c1-9(2)7-12-11(14)5-6-15-8-13-10(3)4/h9-10,13H,5-8H2,1-4H3,(H,12,14). The van der Waals surface area contributed by atoms with Gasteiger partial charge in [0.2, 0.25) is 5.91 Å². The maximum absolute atomic E-state index is 11.2. The third-order valence-corrected chi connectivity index (χ3v) is 1.77. The highest BCUT2D eigenvalue weighted by Crippen LogP contribution is 1.89. The van der Waals surface area contributed by atoms with Crippen LogP contribution in [0.1, 0.15) is 34.1 Å². The molecular weight excluding hydrogens is 192 g/mol. The molecule has 0 unspecified atom stereocenters. The molecule has 4 heteroatoms. The molecular formula is C11H24N2O2. The summed E-state index contributed by atoms with van der Waals surface area (Å²) >= 11 is 0. The molecule has 0 fully saturated rings. The van der Waals surface area contributed by atoms with E-state index in [2.05, 4.69) is 38.3 Å². The number of carbonyl (C=O) groups excluding carboxylic acids is 1. The van der Waals surface area contributed by atoms with Crippen LogP contribution in [-0.2, 0) is 9.53 Å². The van der Waals surface area contributed by atoms with E-state index < -0.39 is 0 Å². The lowest BCUT2D eigenvalue weighted by Gasteiger charge is -2.09. The molecule has 0 saturated heterocycles. The number of amides is 1. The molecule has 0 rings (SSSR count). The molecule has 90 valence electrons. The van der Waals surface area contributed by atoms with Gasteiger partial charge >= 0.3 is 0 Å². The van der Waals surface area contributed by atoms with Crippen LogP contribution in [0, 0.1) is 5.92 Å². The van der Waals surface area contributed by atoms with Crippen LogP contribution >= 0.6 is 0 Å². The van der Waals surface area contributed by atoms with Crippen LogP contribution in [0.5, 0.6) is 0 Å². The molecule has 0 aromatic heterocycles. The molecule has 0 heterocycles. The summed E-state index contributed by atoms with van der Waals surface area (Å²) in [5.74, 6) is 0.561. The minimum Gasteiger partial charge on any atom is -0.366 e. The van der Waals surface area contributed by atoms with Crippen molar-refractivity contribution in [3.8, 4) is 0 Å². The Bertz CT molecular complexity index is 170. The summed E-state index contributed by atoms with van der Waals surface area (Å²) in [5, 5.41) is 5.96. The van der Waals surface area contributed by atoms with Crippen LogP contribution in [0.15, 0.2) is 0 Å². The van der Waals surface area contributed by atoms with Crippen LogP contribution in [0.3, 0.4) is 0 Å². The fourth-order valence-electron chi connectivity index (χ4n) is 0.869. The van der Waals surface area contributed by atoms with E-state index in [9.17, 15) is 4.79 Å². The van der Waals surface area contributed by atoms with Crippen molar-refractivity contribution in [2.24, 2.45) is 5.92 Å². The van der Waals surface area contributed by atoms with Gasteiger partial charge in [-0.05, 0) is 19.8 Å². The predicted molar refractivity (Wildman–Crippen MR) is 61.6 cm³/mol. The summed E-state index contributed by atoms with van der Waals surface area (Å²) in [6, 6.07) is 0.416. The molecule has 0 atom stereocenters. The van der Waals surface area contributed by atoms with E-state index >= 15 is 0 Å². The number of hydrogen-bond acceptors (Lipinski definition) is 3. The van der Waals surface area contributed by atoms with E-state index in [1.807, 2.05) is 0 Å². The number of hydrogen-bond donors (Lipinski definition) is 2. The summed E-state index contributed by atoms with van der Waals surface area (Å²) < 4.78 is 5.25. The molecule has 0 aromatic rings. The topological polar surface area (TPSA) is 50.4 Å². The van der Waals surface area contributed by atoms with E-state index in [1.165, 1.54) is 0 Å². The Morgan fingerprint density at radius 3 is 2.47 bits per heavy atom. The van der Waals surface area contributed by atoms with Gasteiger partial charge in [0.1, 0.15) is 0 Å². The summed E-state index contributed by atoms with van der Waals surface area (Å²) in [4.78, 5) is 11.2. The van der Waals surface area contributed by atoms with Crippen molar-refractivity contribution >= 4 is 5.91 Å². The monoisotopic (exact) mass is 216 g/mol. The maximum Gasteiger partial charge on any atom is 0.222 e. The van der Waals surface area contributed by atoms with Crippen LogP contribution < -0.4 is 10.6 Å². The Hall–Kier alpha value is -0.610. The van der Waals surface area contributed by atoms with Crippen LogP contribution in [0.2, 0.25) is 0 Å². The van der Waals surface area contributed by atoms with Gasteiger partial charge in [-0.2, -0.15) is 0 Å². The van der Waals surface area contributed by atoms with E-state index in [4.69, 9.17) is 4.74 Å². The van der Waals surface area contributed by atoms with Gasteiger partial charge in [-0.3, -0.25) is 10.1 Å². The molecule has 0 saturated carbocycles. The Kier molecular flexibility index (Phi) is 8.33. The van der Waals surface area contributed by atoms with Crippen LogP contribution in [0.4, 0.5) is 0 Å². The van der Waals surface area contributed by atoms with Gasteiger partial charge in [0, 0.05) is 12.6 Å². The molecule has 4 nitrogen and oxygen atoms in total. The molecule has 0 aromatic carbocycles. The van der Waals surface area contributed by atoms with Crippen molar-refractivity contribution in [1.29, 1.82) is 0 Å². The summed E-state index contributed by atoms with van der Waals surface area (Å²) in [7, 11) is 0. The summed E-state index contributed by atoms with van der Waals surface area (Å²) in [5.41, 5.74) is 0. The van der Waals surface area contributed by atoms with Gasteiger partial charge in [-0.25, -0.2) is 0 Å². The second kappa shape index (κ2) is 8.68. The maximum atomic E-state index is 11.2. The Morgan fingerprint density at radius 2 is 1.93 bits per heavy atom. The largest absolute Gasteiger partial charge is 0.366 e. The van der Waals surface area contributed by atoms with Crippen LogP contribution in [-0.4, -0.2) is 31.8 Å². The van der Waals surface area contributed by atoms with Crippen molar-refractivity contribution in [2.75, 3.05) is 19.9 Å². The number of carbonyl (C=O) groups is 1. The first-order valence-electron chi connectivity index (χ1n) is 5.60. The smallest absolute Gasteiger partial charge is 0.222 e. The zero-order valence-electron chi connectivity index (χ0n) is 10.3. The SMILES string of the molecule is CC(C)CNC(=O)CCOCNC(C)C. The molecule has 0 spiro atoms. The van der Waals surface area contributed by atoms with E-state index in [0.29, 0.717) is 31.7 Å². The zero-order chi connectivity index (χ0) is 11.7. The van der Waals surface area contributed by atoms with Crippen molar-refractivity contribution in [3.05, 3.63) is 0 Å². The van der Waals surface area contributed by atoms with Gasteiger partial charge in [0.25, 0.3) is 0 Å². The zero-order valence-corrected chi connectivity index (χ0v) is 10.3. The Morgan fingerprint density at radius 1 is 1.27 bits per heavy atom. The molecule has 0 aliphatic rings. The van der Waals surface area contributed by atoms with Crippen LogP contribution in [0.25, 0.3) is 0 Å². The average Bonchev–Trinajstić information content (AvgIpc) is 2.13. The lowest BCUT2D eigenvalue weighted by atomic mass is 10.2. The Balaban J connectivity index is 3.24. The fraction of sp³-hybridized carbons (Fsp3) is 0.909. The lowest BCUT2D eigenvalue weighted by Crippen LogP contribution is -2.29. The fourth-order valence-corrected chi connectivity index (χ4v) is 0.869. The first kappa shape index (κ1) is 14.4. The minimum atomic E-state index is 0.0632. The predicted octanol–water partition coefficient (Wildman–Crippen LogP) is 1.12. The highest BCUT2D eigenvalue weighted by Gasteiger charge is 2.01. The second-order valence-corrected chi connectivity index (χ2v) is 4.36. The molecule has 0 aliphatic carbocycles. The van der Waals surface area contributed by atoms with Gasteiger partial charge in [0.15, 0.2) is 0 Å². The quantitative estimate of drug-likeness (QED) is 0.472. The first-order valence-corrected chi connectivity index (χ1v) is 5.60. The van der Waals surface area contributed by atoms with Crippen molar-refractivity contribution < 1.29 is 9.53 Å². The van der Waals surface area contributed by atoms with E-state index in [-0.39, 0.29) is 5.91 Å². The highest BCUT2D eigenvalue weighted by molar-refractivity contribution is 5.75. The average molecular weight is 216 g/mol. The van der Waals surface area contributed by atoms with Gasteiger partial charge in [-0.1, -0.05) is 13.8 Å². The van der Waals surface area contributed by atoms with Crippen molar-refractivity contribution in [2.45, 2.75) is 40.2 Å². The number of rotatable bonds is 8. The van der Waals surface area contributed by atoms with Gasteiger partial charge in [0.05, 0.1) is 19.8 Å². The lowest BCUT2D eigenvalue weighted by molar-refractivity contribution is -0.122. The van der Waals surface area contributed by atoms with Crippen molar-refractivity contribution in [3.63, 3.8) is 0 Å². The molecule has 0 bridgehead atoms. The molecule has 15 heavy (non-hydrogen) atoms. The first-order chi connectivity index (χ1) is 7.02. The van der Waals surface area contributed by atoms with Gasteiger partial charge in [-0.15, -0.1) is 0 Å². The molecule has 0 radical (unpaired) electrons. The number of nitrogens with one attached hydrogen (secondary N) is 2. The van der Waals surface area contributed by atoms with Crippen molar-refractivity contribution in [1.82, 2.24) is 10.6 Å². The highest BCUT2D eigenvalue weighted by atomic mass is 16.5.